The van der Waals surface area contributed by atoms with E-state index in [1.807, 2.05) is 19.1 Å². The number of carbonyl (C=O) groups excluding carboxylic acids is 1. The fourth-order valence-electron chi connectivity index (χ4n) is 2.27. The molecule has 1 aliphatic rings. The molecule has 118 valence electrons. The van der Waals surface area contributed by atoms with E-state index in [1.54, 1.807) is 18.2 Å². The van der Waals surface area contributed by atoms with E-state index in [0.29, 0.717) is 17.1 Å². The first-order valence-electron chi connectivity index (χ1n) is 7.36. The smallest absolute Gasteiger partial charge is 0.271 e. The molecule has 23 heavy (non-hydrogen) atoms. The minimum Gasteiger partial charge on any atom is -0.454 e. The first-order chi connectivity index (χ1) is 11.0. The zero-order valence-electron chi connectivity index (χ0n) is 13.3. The second-order valence-electron chi connectivity index (χ2n) is 5.51. The number of aryl methyl sites for hydroxylation is 2. The third-order valence-corrected chi connectivity index (χ3v) is 3.88. The van der Waals surface area contributed by atoms with Gasteiger partial charge < -0.3 is 9.47 Å². The van der Waals surface area contributed by atoms with Crippen molar-refractivity contribution in [2.45, 2.75) is 20.8 Å². The summed E-state index contributed by atoms with van der Waals surface area (Å²) in [7, 11) is 0. The average molecular weight is 310 g/mol. The summed E-state index contributed by atoms with van der Waals surface area (Å²) in [6, 6.07) is 11.2. The van der Waals surface area contributed by atoms with Crippen molar-refractivity contribution in [3.8, 4) is 11.5 Å². The van der Waals surface area contributed by atoms with Gasteiger partial charge in [-0.1, -0.05) is 12.1 Å². The summed E-state index contributed by atoms with van der Waals surface area (Å²) in [5, 5.41) is 4.18. The minimum absolute atomic E-state index is 0.185. The Balaban J connectivity index is 1.73. The van der Waals surface area contributed by atoms with Crippen molar-refractivity contribution in [2.24, 2.45) is 5.10 Å². The van der Waals surface area contributed by atoms with Crippen molar-refractivity contribution in [3.63, 3.8) is 0 Å². The van der Waals surface area contributed by atoms with Gasteiger partial charge in [0.1, 0.15) is 0 Å². The molecule has 0 aromatic heterocycles. The summed E-state index contributed by atoms with van der Waals surface area (Å²) >= 11 is 0. The highest BCUT2D eigenvalue weighted by Crippen LogP contribution is 2.32. The summed E-state index contributed by atoms with van der Waals surface area (Å²) in [5.41, 5.74) is 7.21. The molecule has 5 heteroatoms. The van der Waals surface area contributed by atoms with E-state index >= 15 is 0 Å². The Bertz CT molecular complexity index is 797. The zero-order chi connectivity index (χ0) is 16.4. The highest BCUT2D eigenvalue weighted by atomic mass is 16.7. The molecule has 1 N–H and O–H groups in total. The number of ether oxygens (including phenoxy) is 2. The van der Waals surface area contributed by atoms with Gasteiger partial charge >= 0.3 is 0 Å². The number of hydrazone groups is 1. The van der Waals surface area contributed by atoms with Gasteiger partial charge in [0.2, 0.25) is 6.79 Å². The number of benzene rings is 2. The number of nitrogens with zero attached hydrogens (tertiary/aromatic N) is 1. The van der Waals surface area contributed by atoms with Gasteiger partial charge in [-0.2, -0.15) is 5.10 Å². The Morgan fingerprint density at radius 1 is 1.00 bits per heavy atom. The lowest BCUT2D eigenvalue weighted by atomic mass is 10.0. The van der Waals surface area contributed by atoms with Crippen molar-refractivity contribution in [1.29, 1.82) is 0 Å². The molecule has 0 aliphatic carbocycles. The van der Waals surface area contributed by atoms with E-state index in [-0.39, 0.29) is 12.7 Å². The van der Waals surface area contributed by atoms with E-state index in [1.165, 1.54) is 11.1 Å². The van der Waals surface area contributed by atoms with E-state index in [9.17, 15) is 4.79 Å². The number of hydrogen-bond acceptors (Lipinski definition) is 4. The molecule has 0 saturated heterocycles. The highest BCUT2D eigenvalue weighted by Gasteiger charge is 2.16. The Morgan fingerprint density at radius 3 is 2.52 bits per heavy atom. The van der Waals surface area contributed by atoms with Crippen LogP contribution < -0.4 is 14.9 Å². The molecule has 2 aromatic carbocycles. The maximum absolute atomic E-state index is 12.2. The van der Waals surface area contributed by atoms with Gasteiger partial charge in [0, 0.05) is 5.56 Å². The van der Waals surface area contributed by atoms with Gasteiger partial charge in [-0.05, 0) is 61.7 Å². The summed E-state index contributed by atoms with van der Waals surface area (Å²) in [5.74, 6) is 0.940. The lowest BCUT2D eigenvalue weighted by Crippen LogP contribution is -2.19. The maximum atomic E-state index is 12.2. The van der Waals surface area contributed by atoms with Crippen molar-refractivity contribution < 1.29 is 14.3 Å². The van der Waals surface area contributed by atoms with Crippen LogP contribution in [0.15, 0.2) is 41.5 Å². The number of fused-ring (bicyclic) bond motifs is 1. The molecule has 5 nitrogen and oxygen atoms in total. The topological polar surface area (TPSA) is 59.9 Å². The average Bonchev–Trinajstić information content (AvgIpc) is 3.02. The third-order valence-electron chi connectivity index (χ3n) is 3.88. The Labute approximate surface area is 134 Å². The van der Waals surface area contributed by atoms with Crippen LogP contribution in [0.1, 0.15) is 34.0 Å². The predicted octanol–water partition coefficient (Wildman–Crippen LogP) is 3.19. The first-order valence-corrected chi connectivity index (χ1v) is 7.36. The number of rotatable bonds is 3. The van der Waals surface area contributed by atoms with Crippen LogP contribution in [-0.2, 0) is 0 Å². The number of nitrogens with one attached hydrogen (secondary N) is 1. The second-order valence-corrected chi connectivity index (χ2v) is 5.51. The second kappa shape index (κ2) is 6.12. The molecule has 0 atom stereocenters. The molecule has 1 aliphatic heterocycles. The monoisotopic (exact) mass is 310 g/mol. The van der Waals surface area contributed by atoms with E-state index in [2.05, 4.69) is 30.4 Å². The van der Waals surface area contributed by atoms with E-state index in [0.717, 1.165) is 11.3 Å². The van der Waals surface area contributed by atoms with Gasteiger partial charge in [0.15, 0.2) is 11.5 Å². The van der Waals surface area contributed by atoms with Crippen molar-refractivity contribution in [2.75, 3.05) is 6.79 Å². The molecule has 1 heterocycles. The number of hydrogen-bond donors (Lipinski definition) is 1. The fraction of sp³-hybridized carbons (Fsp3) is 0.222. The largest absolute Gasteiger partial charge is 0.454 e. The van der Waals surface area contributed by atoms with Crippen LogP contribution >= 0.6 is 0 Å². The van der Waals surface area contributed by atoms with Gasteiger partial charge in [-0.25, -0.2) is 5.43 Å². The molecular weight excluding hydrogens is 292 g/mol. The Kier molecular flexibility index (Phi) is 4.02. The molecule has 1 amide bonds. The molecule has 0 unspecified atom stereocenters. The summed E-state index contributed by atoms with van der Waals surface area (Å²) in [6.45, 7) is 6.17. The molecule has 3 rings (SSSR count). The fourth-order valence-corrected chi connectivity index (χ4v) is 2.27. The molecule has 0 radical (unpaired) electrons. The van der Waals surface area contributed by atoms with Crippen LogP contribution in [0.5, 0.6) is 11.5 Å². The van der Waals surface area contributed by atoms with Crippen LogP contribution in [0.25, 0.3) is 0 Å². The molecule has 0 spiro atoms. The van der Waals surface area contributed by atoms with E-state index < -0.39 is 0 Å². The van der Waals surface area contributed by atoms with Crippen LogP contribution in [-0.4, -0.2) is 18.4 Å². The van der Waals surface area contributed by atoms with Gasteiger partial charge in [0.05, 0.1) is 5.71 Å². The summed E-state index contributed by atoms with van der Waals surface area (Å²) in [6.07, 6.45) is 0. The third kappa shape index (κ3) is 3.18. The van der Waals surface area contributed by atoms with Crippen LogP contribution in [0.3, 0.4) is 0 Å². The first kappa shape index (κ1) is 15.1. The maximum Gasteiger partial charge on any atom is 0.271 e. The van der Waals surface area contributed by atoms with Crippen LogP contribution in [0.2, 0.25) is 0 Å². The standard InChI is InChI=1S/C18H18N2O3/c1-11-4-5-14(8-12(11)2)13(3)19-20-18(21)15-6-7-16-17(9-15)23-10-22-16/h4-9H,10H2,1-3H3,(H,20,21). The van der Waals surface area contributed by atoms with Crippen molar-refractivity contribution in [1.82, 2.24) is 5.43 Å². The summed E-state index contributed by atoms with van der Waals surface area (Å²) < 4.78 is 10.5. The van der Waals surface area contributed by atoms with Crippen LogP contribution in [0.4, 0.5) is 0 Å². The lowest BCUT2D eigenvalue weighted by Gasteiger charge is -2.06. The minimum atomic E-state index is -0.286. The predicted molar refractivity (Wildman–Crippen MR) is 88.2 cm³/mol. The molecule has 0 bridgehead atoms. The Morgan fingerprint density at radius 2 is 1.74 bits per heavy atom. The normalized spacial score (nSPS) is 13.1. The molecule has 2 aromatic rings. The van der Waals surface area contributed by atoms with Gasteiger partial charge in [0.25, 0.3) is 5.91 Å². The number of carbonyl (C=O) groups is 1. The zero-order valence-corrected chi connectivity index (χ0v) is 13.3. The quantitative estimate of drug-likeness (QED) is 0.699. The molecular formula is C18H18N2O3. The summed E-state index contributed by atoms with van der Waals surface area (Å²) in [4.78, 5) is 12.2. The lowest BCUT2D eigenvalue weighted by molar-refractivity contribution is 0.0954. The SMILES string of the molecule is CC(=NNC(=O)c1ccc2c(c1)OCO2)c1ccc(C)c(C)c1. The molecule has 0 saturated carbocycles. The van der Waals surface area contributed by atoms with Crippen molar-refractivity contribution >= 4 is 11.6 Å². The van der Waals surface area contributed by atoms with Crippen LogP contribution in [0, 0.1) is 13.8 Å². The molecule has 0 fully saturated rings. The van der Waals surface area contributed by atoms with Crippen molar-refractivity contribution in [3.05, 3.63) is 58.7 Å². The van der Waals surface area contributed by atoms with Gasteiger partial charge in [-0.3, -0.25) is 4.79 Å². The Hall–Kier alpha value is -2.82. The number of amides is 1. The van der Waals surface area contributed by atoms with Gasteiger partial charge in [-0.15, -0.1) is 0 Å². The highest BCUT2D eigenvalue weighted by molar-refractivity contribution is 6.01. The van der Waals surface area contributed by atoms with E-state index in [4.69, 9.17) is 9.47 Å².